The molecule has 0 amide bonds. The fourth-order valence-corrected chi connectivity index (χ4v) is 3.05. The van der Waals surface area contributed by atoms with Gasteiger partial charge in [0.1, 0.15) is 0 Å². The third-order valence-electron chi connectivity index (χ3n) is 4.79. The van der Waals surface area contributed by atoms with E-state index in [1.165, 1.54) is 36.9 Å². The number of nitrogens with zero attached hydrogens (tertiary/aromatic N) is 1. The van der Waals surface area contributed by atoms with E-state index in [0.29, 0.717) is 6.04 Å². The average Bonchev–Trinajstić information content (AvgIpc) is 3.40. The van der Waals surface area contributed by atoms with Gasteiger partial charge in [-0.1, -0.05) is 18.2 Å². The quantitative estimate of drug-likeness (QED) is 0.755. The number of hydrogen-bond acceptors (Lipinski definition) is 3. The highest BCUT2D eigenvalue weighted by Crippen LogP contribution is 2.37. The molecule has 0 radical (unpaired) electrons. The van der Waals surface area contributed by atoms with Crippen molar-refractivity contribution in [3.05, 3.63) is 29.8 Å². The molecule has 0 bridgehead atoms. The summed E-state index contributed by atoms with van der Waals surface area (Å²) in [7, 11) is 1.79. The SMILES string of the molecule is COCCN(c1ccccc1CNC1CC1)C(C)C1CC1. The van der Waals surface area contributed by atoms with E-state index in [2.05, 4.69) is 41.4 Å². The second-order valence-electron chi connectivity index (χ2n) is 6.55. The molecule has 1 atom stereocenters. The van der Waals surface area contributed by atoms with E-state index in [1.807, 2.05) is 0 Å². The van der Waals surface area contributed by atoms with Crippen LogP contribution in [0.5, 0.6) is 0 Å². The van der Waals surface area contributed by atoms with Crippen molar-refractivity contribution in [2.45, 2.75) is 51.2 Å². The van der Waals surface area contributed by atoms with Gasteiger partial charge < -0.3 is 15.0 Å². The molecule has 3 nitrogen and oxygen atoms in total. The molecule has 116 valence electrons. The maximum Gasteiger partial charge on any atom is 0.0637 e. The van der Waals surface area contributed by atoms with Crippen molar-refractivity contribution in [2.75, 3.05) is 25.2 Å². The van der Waals surface area contributed by atoms with Crippen LogP contribution in [0.4, 0.5) is 5.69 Å². The maximum atomic E-state index is 5.33. The highest BCUT2D eigenvalue weighted by atomic mass is 16.5. The highest BCUT2D eigenvalue weighted by Gasteiger charge is 2.32. The first-order valence-electron chi connectivity index (χ1n) is 8.36. The van der Waals surface area contributed by atoms with Gasteiger partial charge in [-0.25, -0.2) is 0 Å². The minimum absolute atomic E-state index is 0.613. The standard InChI is InChI=1S/C18H28N2O/c1-14(15-7-8-15)20(11-12-21-2)18-6-4-3-5-16(18)13-19-17-9-10-17/h3-6,14-15,17,19H,7-13H2,1-2H3. The summed E-state index contributed by atoms with van der Waals surface area (Å²) in [5, 5.41) is 3.65. The molecule has 3 rings (SSSR count). The van der Waals surface area contributed by atoms with Crippen molar-refractivity contribution in [1.29, 1.82) is 0 Å². The fourth-order valence-electron chi connectivity index (χ4n) is 3.05. The van der Waals surface area contributed by atoms with Crippen LogP contribution in [-0.4, -0.2) is 32.3 Å². The van der Waals surface area contributed by atoms with Crippen LogP contribution in [0.1, 0.15) is 38.2 Å². The number of benzene rings is 1. The molecule has 0 spiro atoms. The first kappa shape index (κ1) is 14.9. The molecular weight excluding hydrogens is 260 g/mol. The number of anilines is 1. The molecule has 2 aliphatic rings. The smallest absolute Gasteiger partial charge is 0.0637 e. The Bertz CT molecular complexity index is 454. The molecule has 1 unspecified atom stereocenters. The minimum Gasteiger partial charge on any atom is -0.383 e. The lowest BCUT2D eigenvalue weighted by molar-refractivity contribution is 0.202. The molecule has 2 aliphatic carbocycles. The summed E-state index contributed by atoms with van der Waals surface area (Å²) in [5.41, 5.74) is 2.81. The van der Waals surface area contributed by atoms with Crippen LogP contribution >= 0.6 is 0 Å². The summed E-state index contributed by atoms with van der Waals surface area (Å²) in [6.45, 7) is 5.14. The second-order valence-corrected chi connectivity index (χ2v) is 6.55. The van der Waals surface area contributed by atoms with Gasteiger partial charge in [0, 0.05) is 38.0 Å². The number of hydrogen-bond donors (Lipinski definition) is 1. The van der Waals surface area contributed by atoms with E-state index in [4.69, 9.17) is 4.74 Å². The number of ether oxygens (including phenoxy) is 1. The molecule has 0 aromatic heterocycles. The van der Waals surface area contributed by atoms with E-state index >= 15 is 0 Å². The lowest BCUT2D eigenvalue weighted by atomic mass is 10.1. The molecule has 2 saturated carbocycles. The van der Waals surface area contributed by atoms with Gasteiger partial charge in [-0.15, -0.1) is 0 Å². The number of nitrogens with one attached hydrogen (secondary N) is 1. The maximum absolute atomic E-state index is 5.33. The zero-order chi connectivity index (χ0) is 14.7. The molecular formula is C18H28N2O. The second kappa shape index (κ2) is 6.80. The Morgan fingerprint density at radius 3 is 2.67 bits per heavy atom. The highest BCUT2D eigenvalue weighted by molar-refractivity contribution is 5.54. The Hall–Kier alpha value is -1.06. The zero-order valence-corrected chi connectivity index (χ0v) is 13.3. The van der Waals surface area contributed by atoms with Gasteiger partial charge >= 0.3 is 0 Å². The van der Waals surface area contributed by atoms with Gasteiger partial charge in [-0.05, 0) is 50.2 Å². The molecule has 3 heteroatoms. The molecule has 0 saturated heterocycles. The lowest BCUT2D eigenvalue weighted by Crippen LogP contribution is -2.38. The van der Waals surface area contributed by atoms with Gasteiger partial charge in [0.25, 0.3) is 0 Å². The van der Waals surface area contributed by atoms with Crippen molar-refractivity contribution >= 4 is 5.69 Å². The van der Waals surface area contributed by atoms with E-state index in [0.717, 1.165) is 31.7 Å². The summed E-state index contributed by atoms with van der Waals surface area (Å²) in [4.78, 5) is 2.56. The number of rotatable bonds is 9. The monoisotopic (exact) mass is 288 g/mol. The van der Waals surface area contributed by atoms with Crippen molar-refractivity contribution in [3.63, 3.8) is 0 Å². The number of methoxy groups -OCH3 is 1. The summed E-state index contributed by atoms with van der Waals surface area (Å²) < 4.78 is 5.33. The predicted octanol–water partition coefficient (Wildman–Crippen LogP) is 3.19. The third kappa shape index (κ3) is 3.98. The predicted molar refractivity (Wildman–Crippen MR) is 87.7 cm³/mol. The summed E-state index contributed by atoms with van der Waals surface area (Å²) in [5.74, 6) is 0.867. The Morgan fingerprint density at radius 1 is 1.24 bits per heavy atom. The lowest BCUT2D eigenvalue weighted by Gasteiger charge is -2.33. The van der Waals surface area contributed by atoms with Gasteiger partial charge in [-0.2, -0.15) is 0 Å². The van der Waals surface area contributed by atoms with E-state index in [1.54, 1.807) is 7.11 Å². The Labute approximate surface area is 128 Å². The molecule has 1 aromatic rings. The van der Waals surface area contributed by atoms with Crippen LogP contribution < -0.4 is 10.2 Å². The molecule has 1 N–H and O–H groups in total. The molecule has 0 heterocycles. The van der Waals surface area contributed by atoms with E-state index in [9.17, 15) is 0 Å². The van der Waals surface area contributed by atoms with Crippen molar-refractivity contribution < 1.29 is 4.74 Å². The summed E-state index contributed by atoms with van der Waals surface area (Å²) >= 11 is 0. The Kier molecular flexibility index (Phi) is 4.81. The largest absolute Gasteiger partial charge is 0.383 e. The first-order valence-corrected chi connectivity index (χ1v) is 8.36. The molecule has 2 fully saturated rings. The third-order valence-corrected chi connectivity index (χ3v) is 4.79. The topological polar surface area (TPSA) is 24.5 Å². The Balaban J connectivity index is 1.75. The minimum atomic E-state index is 0.613. The first-order chi connectivity index (χ1) is 10.3. The van der Waals surface area contributed by atoms with Gasteiger partial charge in [-0.3, -0.25) is 0 Å². The molecule has 1 aromatic carbocycles. The van der Waals surface area contributed by atoms with Crippen LogP contribution in [0.3, 0.4) is 0 Å². The van der Waals surface area contributed by atoms with Crippen molar-refractivity contribution in [2.24, 2.45) is 5.92 Å². The van der Waals surface area contributed by atoms with Gasteiger partial charge in [0.15, 0.2) is 0 Å². The van der Waals surface area contributed by atoms with E-state index in [-0.39, 0.29) is 0 Å². The average molecular weight is 288 g/mol. The van der Waals surface area contributed by atoms with Gasteiger partial charge in [0.2, 0.25) is 0 Å². The van der Waals surface area contributed by atoms with Gasteiger partial charge in [0.05, 0.1) is 6.61 Å². The van der Waals surface area contributed by atoms with Crippen LogP contribution in [0.2, 0.25) is 0 Å². The summed E-state index contributed by atoms with van der Waals surface area (Å²) in [6.07, 6.45) is 5.45. The van der Waals surface area contributed by atoms with Crippen LogP contribution in [0.25, 0.3) is 0 Å². The fraction of sp³-hybridized carbons (Fsp3) is 0.667. The van der Waals surface area contributed by atoms with Crippen molar-refractivity contribution in [3.8, 4) is 0 Å². The zero-order valence-electron chi connectivity index (χ0n) is 13.3. The summed E-state index contributed by atoms with van der Waals surface area (Å²) in [6, 6.07) is 10.2. The van der Waals surface area contributed by atoms with Crippen LogP contribution in [-0.2, 0) is 11.3 Å². The van der Waals surface area contributed by atoms with Crippen molar-refractivity contribution in [1.82, 2.24) is 5.32 Å². The normalized spacial score (nSPS) is 19.5. The molecule has 21 heavy (non-hydrogen) atoms. The van der Waals surface area contributed by atoms with Crippen LogP contribution in [0.15, 0.2) is 24.3 Å². The molecule has 0 aliphatic heterocycles. The Morgan fingerprint density at radius 2 is 2.00 bits per heavy atom. The van der Waals surface area contributed by atoms with E-state index < -0.39 is 0 Å². The number of para-hydroxylation sites is 1. The van der Waals surface area contributed by atoms with Crippen LogP contribution in [0, 0.1) is 5.92 Å².